The van der Waals surface area contributed by atoms with Gasteiger partial charge in [-0.25, -0.2) is 0 Å². The minimum atomic E-state index is 0.913. The third-order valence-corrected chi connectivity index (χ3v) is 2.78. The summed E-state index contributed by atoms with van der Waals surface area (Å²) in [6.07, 6.45) is 3.82. The van der Waals surface area contributed by atoms with E-state index in [1.54, 1.807) is 0 Å². The van der Waals surface area contributed by atoms with Crippen molar-refractivity contribution in [3.05, 3.63) is 47.5 Å². The fraction of sp³-hybridized carbons (Fsp3) is 0.273. The summed E-state index contributed by atoms with van der Waals surface area (Å²) in [5.41, 5.74) is 2.83. The first kappa shape index (κ1) is 7.74. The van der Waals surface area contributed by atoms with Crippen LogP contribution in [0.1, 0.15) is 17.0 Å². The molecule has 0 unspecified atom stereocenters. The first-order valence-corrected chi connectivity index (χ1v) is 4.87. The topological polar surface area (TPSA) is 30.7 Å². The summed E-state index contributed by atoms with van der Waals surface area (Å²) >= 11 is 0. The van der Waals surface area contributed by atoms with E-state index in [1.807, 2.05) is 6.33 Å². The van der Waals surface area contributed by atoms with Gasteiger partial charge in [0.05, 0.1) is 0 Å². The van der Waals surface area contributed by atoms with Crippen molar-refractivity contribution in [1.82, 2.24) is 14.8 Å². The van der Waals surface area contributed by atoms with Crippen LogP contribution in [-0.4, -0.2) is 14.8 Å². The molecule has 0 bridgehead atoms. The summed E-state index contributed by atoms with van der Waals surface area (Å²) in [5, 5.41) is 8.06. The van der Waals surface area contributed by atoms with Crippen LogP contribution in [0.2, 0.25) is 0 Å². The van der Waals surface area contributed by atoms with Crippen molar-refractivity contribution in [2.45, 2.75) is 19.4 Å². The minimum absolute atomic E-state index is 0.913. The van der Waals surface area contributed by atoms with Gasteiger partial charge < -0.3 is 4.57 Å². The van der Waals surface area contributed by atoms with E-state index in [9.17, 15) is 0 Å². The molecule has 1 aromatic heterocycles. The lowest BCUT2D eigenvalue weighted by atomic mass is 10.0. The van der Waals surface area contributed by atoms with Crippen LogP contribution in [0.5, 0.6) is 0 Å². The van der Waals surface area contributed by atoms with Gasteiger partial charge in [-0.1, -0.05) is 24.3 Å². The van der Waals surface area contributed by atoms with Gasteiger partial charge in [-0.2, -0.15) is 0 Å². The van der Waals surface area contributed by atoms with Gasteiger partial charge >= 0.3 is 0 Å². The number of aromatic nitrogens is 3. The lowest BCUT2D eigenvalue weighted by molar-refractivity contribution is 0.680. The Labute approximate surface area is 82.4 Å². The average Bonchev–Trinajstić information content (AvgIpc) is 2.58. The minimum Gasteiger partial charge on any atom is -0.317 e. The molecule has 1 aliphatic rings. The van der Waals surface area contributed by atoms with E-state index in [4.69, 9.17) is 0 Å². The number of rotatable bonds is 0. The van der Waals surface area contributed by atoms with Gasteiger partial charge in [0.1, 0.15) is 12.2 Å². The average molecular weight is 185 g/mol. The van der Waals surface area contributed by atoms with E-state index >= 15 is 0 Å². The van der Waals surface area contributed by atoms with Crippen molar-refractivity contribution in [1.29, 1.82) is 0 Å². The molecule has 3 rings (SSSR count). The van der Waals surface area contributed by atoms with Crippen molar-refractivity contribution in [2.24, 2.45) is 0 Å². The second kappa shape index (κ2) is 2.94. The van der Waals surface area contributed by atoms with Gasteiger partial charge in [-0.05, 0) is 17.5 Å². The molecule has 0 spiro atoms. The fourth-order valence-corrected chi connectivity index (χ4v) is 1.99. The van der Waals surface area contributed by atoms with Crippen LogP contribution < -0.4 is 0 Å². The molecule has 0 saturated carbocycles. The lowest BCUT2D eigenvalue weighted by Crippen LogP contribution is -2.00. The third-order valence-electron chi connectivity index (χ3n) is 2.78. The molecule has 0 atom stereocenters. The van der Waals surface area contributed by atoms with Crippen molar-refractivity contribution < 1.29 is 0 Å². The summed E-state index contributed by atoms with van der Waals surface area (Å²) in [6, 6.07) is 8.57. The monoisotopic (exact) mass is 185 g/mol. The number of hydrogen-bond acceptors (Lipinski definition) is 2. The molecule has 2 aromatic rings. The van der Waals surface area contributed by atoms with Crippen LogP contribution in [0.3, 0.4) is 0 Å². The first-order chi connectivity index (χ1) is 6.93. The highest BCUT2D eigenvalue weighted by Gasteiger charge is 2.12. The van der Waals surface area contributed by atoms with Gasteiger partial charge in [0, 0.05) is 13.0 Å². The van der Waals surface area contributed by atoms with Crippen LogP contribution in [0.4, 0.5) is 0 Å². The molecule has 0 amide bonds. The number of fused-ring (bicyclic) bond motifs is 2. The van der Waals surface area contributed by atoms with E-state index in [1.165, 1.54) is 11.1 Å². The van der Waals surface area contributed by atoms with Gasteiger partial charge in [0.25, 0.3) is 0 Å². The predicted molar refractivity (Wildman–Crippen MR) is 53.0 cm³/mol. The molecular weight excluding hydrogens is 174 g/mol. The molecule has 0 saturated heterocycles. The Morgan fingerprint density at radius 1 is 1.14 bits per heavy atom. The van der Waals surface area contributed by atoms with Crippen LogP contribution >= 0.6 is 0 Å². The van der Waals surface area contributed by atoms with E-state index in [-0.39, 0.29) is 0 Å². The molecule has 3 heteroatoms. The smallest absolute Gasteiger partial charge is 0.137 e. The number of benzene rings is 1. The molecule has 2 heterocycles. The second-order valence-electron chi connectivity index (χ2n) is 3.64. The summed E-state index contributed by atoms with van der Waals surface area (Å²) in [5.74, 6) is 1.08. The van der Waals surface area contributed by atoms with Crippen molar-refractivity contribution in [2.75, 3.05) is 0 Å². The number of aryl methyl sites for hydroxylation is 2. The van der Waals surface area contributed by atoms with Gasteiger partial charge in [0.15, 0.2) is 0 Å². The summed E-state index contributed by atoms with van der Waals surface area (Å²) in [4.78, 5) is 0. The zero-order valence-corrected chi connectivity index (χ0v) is 7.85. The molecule has 0 N–H and O–H groups in total. The largest absolute Gasteiger partial charge is 0.317 e. The maximum absolute atomic E-state index is 4.13. The Kier molecular flexibility index (Phi) is 1.63. The SMILES string of the molecule is c1ccc2c(c1)CCn1cnnc1C2. The van der Waals surface area contributed by atoms with E-state index in [0.29, 0.717) is 0 Å². The Morgan fingerprint density at radius 3 is 2.93 bits per heavy atom. The molecule has 0 fully saturated rings. The van der Waals surface area contributed by atoms with Crippen LogP contribution in [-0.2, 0) is 19.4 Å². The maximum Gasteiger partial charge on any atom is 0.137 e. The van der Waals surface area contributed by atoms with Crippen molar-refractivity contribution in [3.63, 3.8) is 0 Å². The third kappa shape index (κ3) is 1.13. The van der Waals surface area contributed by atoms with E-state index < -0.39 is 0 Å². The second-order valence-corrected chi connectivity index (χ2v) is 3.64. The normalized spacial score (nSPS) is 14.3. The zero-order valence-electron chi connectivity index (χ0n) is 7.85. The molecule has 0 aliphatic carbocycles. The molecule has 70 valence electrons. The Hall–Kier alpha value is -1.64. The standard InChI is InChI=1S/C11H11N3/c1-2-4-10-7-11-13-12-8-14(11)6-5-9(10)3-1/h1-4,8H,5-7H2. The molecule has 3 nitrogen and oxygen atoms in total. The molecule has 0 radical (unpaired) electrons. The Bertz CT molecular complexity index is 459. The predicted octanol–water partition coefficient (Wildman–Crippen LogP) is 1.43. The van der Waals surface area contributed by atoms with Crippen LogP contribution in [0.15, 0.2) is 30.6 Å². The molecule has 1 aromatic carbocycles. The summed E-state index contributed by atoms with van der Waals surface area (Å²) < 4.78 is 2.14. The Morgan fingerprint density at radius 2 is 2.00 bits per heavy atom. The highest BCUT2D eigenvalue weighted by Crippen LogP contribution is 2.18. The van der Waals surface area contributed by atoms with Crippen molar-refractivity contribution in [3.8, 4) is 0 Å². The fourth-order valence-electron chi connectivity index (χ4n) is 1.99. The van der Waals surface area contributed by atoms with Gasteiger partial charge in [-0.3, -0.25) is 0 Å². The maximum atomic E-state index is 4.13. The van der Waals surface area contributed by atoms with Crippen LogP contribution in [0, 0.1) is 0 Å². The van der Waals surface area contributed by atoms with Gasteiger partial charge in [-0.15, -0.1) is 10.2 Å². The van der Waals surface area contributed by atoms with E-state index in [0.717, 1.165) is 25.2 Å². The lowest BCUT2D eigenvalue weighted by Gasteiger charge is -2.02. The zero-order chi connectivity index (χ0) is 9.38. The van der Waals surface area contributed by atoms with Crippen LogP contribution in [0.25, 0.3) is 0 Å². The van der Waals surface area contributed by atoms with Crippen molar-refractivity contribution >= 4 is 0 Å². The highest BCUT2D eigenvalue weighted by atomic mass is 15.3. The molecule has 14 heavy (non-hydrogen) atoms. The molecular formula is C11H11N3. The highest BCUT2D eigenvalue weighted by molar-refractivity contribution is 5.30. The summed E-state index contributed by atoms with van der Waals surface area (Å²) in [7, 11) is 0. The number of nitrogens with zero attached hydrogens (tertiary/aromatic N) is 3. The number of hydrogen-bond donors (Lipinski definition) is 0. The van der Waals surface area contributed by atoms with E-state index in [2.05, 4.69) is 39.0 Å². The molecule has 1 aliphatic heterocycles. The first-order valence-electron chi connectivity index (χ1n) is 4.87. The Balaban J connectivity index is 2.10. The summed E-state index contributed by atoms with van der Waals surface area (Å²) in [6.45, 7) is 0.999. The van der Waals surface area contributed by atoms with Gasteiger partial charge in [0.2, 0.25) is 0 Å². The quantitative estimate of drug-likeness (QED) is 0.621.